The van der Waals surface area contributed by atoms with E-state index in [9.17, 15) is 0 Å². The zero-order valence-corrected chi connectivity index (χ0v) is 9.07. The molecule has 4 nitrogen and oxygen atoms in total. The summed E-state index contributed by atoms with van der Waals surface area (Å²) in [5.74, 6) is 0. The van der Waals surface area contributed by atoms with E-state index < -0.39 is 0 Å². The van der Waals surface area contributed by atoms with Crippen molar-refractivity contribution in [3.63, 3.8) is 0 Å². The molecule has 2 heterocycles. The van der Waals surface area contributed by atoms with E-state index >= 15 is 0 Å². The molecule has 0 aliphatic rings. The summed E-state index contributed by atoms with van der Waals surface area (Å²) in [5, 5.41) is 8.24. The fourth-order valence-corrected chi connectivity index (χ4v) is 1.46. The van der Waals surface area contributed by atoms with Gasteiger partial charge in [0, 0.05) is 25.6 Å². The van der Waals surface area contributed by atoms with E-state index in [0.29, 0.717) is 17.3 Å². The fourth-order valence-electron chi connectivity index (χ4n) is 1.35. The second kappa shape index (κ2) is 3.90. The summed E-state index contributed by atoms with van der Waals surface area (Å²) in [6.07, 6.45) is 5.45. The van der Waals surface area contributed by atoms with Gasteiger partial charge in [-0.15, -0.1) is 0 Å². The van der Waals surface area contributed by atoms with Crippen LogP contribution in [0.5, 0.6) is 0 Å². The van der Waals surface area contributed by atoms with Crippen LogP contribution >= 0.6 is 11.6 Å². The lowest BCUT2D eigenvalue weighted by atomic mass is 10.3. The first kappa shape index (κ1) is 9.98. The first-order valence-corrected chi connectivity index (χ1v) is 4.91. The van der Waals surface area contributed by atoms with E-state index in [1.807, 2.05) is 30.1 Å². The standard InChI is InChI=1S/C10H11ClN4/c1-14-4-5-15(10(14)12)7-8-2-3-9(11)13-6-8/h2-6,12H,7H2,1H3. The van der Waals surface area contributed by atoms with Crippen molar-refractivity contribution < 1.29 is 0 Å². The molecule has 1 N–H and O–H groups in total. The van der Waals surface area contributed by atoms with Gasteiger partial charge in [-0.25, -0.2) is 4.98 Å². The Morgan fingerprint density at radius 3 is 2.73 bits per heavy atom. The van der Waals surface area contributed by atoms with Crippen molar-refractivity contribution >= 4 is 11.6 Å². The van der Waals surface area contributed by atoms with Gasteiger partial charge in [-0.1, -0.05) is 17.7 Å². The van der Waals surface area contributed by atoms with Gasteiger partial charge in [0.1, 0.15) is 5.15 Å². The fraction of sp³-hybridized carbons (Fsp3) is 0.200. The molecule has 0 unspecified atom stereocenters. The van der Waals surface area contributed by atoms with Gasteiger partial charge in [0.25, 0.3) is 0 Å². The van der Waals surface area contributed by atoms with Crippen molar-refractivity contribution in [1.29, 1.82) is 5.41 Å². The largest absolute Gasteiger partial charge is 0.321 e. The normalized spacial score (nSPS) is 10.5. The van der Waals surface area contributed by atoms with E-state index in [1.165, 1.54) is 0 Å². The molecule has 2 aromatic heterocycles. The Kier molecular flexibility index (Phi) is 2.60. The van der Waals surface area contributed by atoms with Crippen LogP contribution in [0.4, 0.5) is 0 Å². The van der Waals surface area contributed by atoms with Crippen molar-refractivity contribution in [3.8, 4) is 0 Å². The van der Waals surface area contributed by atoms with E-state index in [-0.39, 0.29) is 0 Å². The lowest BCUT2D eigenvalue weighted by molar-refractivity contribution is 0.677. The molecule has 0 saturated carbocycles. The minimum Gasteiger partial charge on any atom is -0.321 e. The summed E-state index contributed by atoms with van der Waals surface area (Å²) in [5.41, 5.74) is 1.49. The van der Waals surface area contributed by atoms with Gasteiger partial charge in [-0.3, -0.25) is 5.41 Å². The number of rotatable bonds is 2. The number of nitrogens with one attached hydrogen (secondary N) is 1. The van der Waals surface area contributed by atoms with Crippen LogP contribution in [0.25, 0.3) is 0 Å². The first-order chi connectivity index (χ1) is 7.16. The van der Waals surface area contributed by atoms with Gasteiger partial charge in [0.2, 0.25) is 5.62 Å². The third-order valence-corrected chi connectivity index (χ3v) is 2.44. The Labute approximate surface area is 92.3 Å². The van der Waals surface area contributed by atoms with E-state index in [1.54, 1.807) is 16.8 Å². The third-order valence-electron chi connectivity index (χ3n) is 2.22. The average Bonchev–Trinajstić information content (AvgIpc) is 2.53. The highest BCUT2D eigenvalue weighted by molar-refractivity contribution is 6.29. The van der Waals surface area contributed by atoms with Gasteiger partial charge >= 0.3 is 0 Å². The number of pyridine rings is 1. The molecule has 2 aromatic rings. The first-order valence-electron chi connectivity index (χ1n) is 4.53. The third kappa shape index (κ3) is 2.10. The van der Waals surface area contributed by atoms with Crippen LogP contribution in [0, 0.1) is 5.41 Å². The van der Waals surface area contributed by atoms with Crippen LogP contribution in [-0.2, 0) is 13.6 Å². The maximum absolute atomic E-state index is 7.75. The molecule has 78 valence electrons. The number of nitrogens with zero attached hydrogens (tertiary/aromatic N) is 3. The monoisotopic (exact) mass is 222 g/mol. The Morgan fingerprint density at radius 2 is 2.20 bits per heavy atom. The maximum atomic E-state index is 7.75. The smallest absolute Gasteiger partial charge is 0.202 e. The molecule has 0 aromatic carbocycles. The highest BCUT2D eigenvalue weighted by Crippen LogP contribution is 2.05. The Hall–Kier alpha value is -1.55. The van der Waals surface area contributed by atoms with Gasteiger partial charge in [-0.05, 0) is 11.6 Å². The van der Waals surface area contributed by atoms with Crippen LogP contribution in [0.3, 0.4) is 0 Å². The summed E-state index contributed by atoms with van der Waals surface area (Å²) in [7, 11) is 1.85. The van der Waals surface area contributed by atoms with Crippen LogP contribution in [-0.4, -0.2) is 14.1 Å². The second-order valence-corrected chi connectivity index (χ2v) is 3.74. The molecular formula is C10H11ClN4. The van der Waals surface area contributed by atoms with Gasteiger partial charge in [-0.2, -0.15) is 0 Å². The molecule has 0 radical (unpaired) electrons. The molecule has 15 heavy (non-hydrogen) atoms. The van der Waals surface area contributed by atoms with Crippen molar-refractivity contribution in [1.82, 2.24) is 14.1 Å². The number of imidazole rings is 1. The predicted octanol–water partition coefficient (Wildman–Crippen LogP) is 1.40. The van der Waals surface area contributed by atoms with Crippen LogP contribution in [0.2, 0.25) is 5.15 Å². The van der Waals surface area contributed by atoms with Crippen molar-refractivity contribution in [2.75, 3.05) is 0 Å². The molecule has 0 aliphatic carbocycles. The van der Waals surface area contributed by atoms with Crippen molar-refractivity contribution in [2.24, 2.45) is 7.05 Å². The molecule has 0 amide bonds. The Morgan fingerprint density at radius 1 is 1.40 bits per heavy atom. The zero-order valence-electron chi connectivity index (χ0n) is 8.31. The molecule has 0 aliphatic heterocycles. The predicted molar refractivity (Wildman–Crippen MR) is 57.6 cm³/mol. The zero-order chi connectivity index (χ0) is 10.8. The van der Waals surface area contributed by atoms with Gasteiger partial charge in [0.05, 0.1) is 6.54 Å². The number of aryl methyl sites for hydroxylation is 1. The number of hydrogen-bond donors (Lipinski definition) is 1. The van der Waals surface area contributed by atoms with Crippen LogP contribution in [0.15, 0.2) is 30.7 Å². The maximum Gasteiger partial charge on any atom is 0.202 e. The van der Waals surface area contributed by atoms with E-state index in [4.69, 9.17) is 17.0 Å². The molecule has 0 fully saturated rings. The summed E-state index contributed by atoms with van der Waals surface area (Å²) < 4.78 is 3.59. The lowest BCUT2D eigenvalue weighted by Gasteiger charge is -2.02. The van der Waals surface area contributed by atoms with Gasteiger partial charge in [0.15, 0.2) is 0 Å². The van der Waals surface area contributed by atoms with Crippen LogP contribution < -0.4 is 5.62 Å². The molecule has 0 saturated heterocycles. The summed E-state index contributed by atoms with van der Waals surface area (Å²) in [6.45, 7) is 0.643. The quantitative estimate of drug-likeness (QED) is 0.768. The molecule has 0 spiro atoms. The van der Waals surface area contributed by atoms with Crippen LogP contribution in [0.1, 0.15) is 5.56 Å². The second-order valence-electron chi connectivity index (χ2n) is 3.35. The molecular weight excluding hydrogens is 212 g/mol. The van der Waals surface area contributed by atoms with Crippen molar-refractivity contribution in [3.05, 3.63) is 47.1 Å². The SMILES string of the molecule is Cn1ccn(Cc2ccc(Cl)nc2)c1=N. The molecule has 0 bridgehead atoms. The number of aromatic nitrogens is 3. The Balaban J connectivity index is 2.26. The van der Waals surface area contributed by atoms with Crippen molar-refractivity contribution in [2.45, 2.75) is 6.54 Å². The lowest BCUT2D eigenvalue weighted by Crippen LogP contribution is -2.22. The minimum absolute atomic E-state index is 0.463. The molecule has 2 rings (SSSR count). The number of hydrogen-bond acceptors (Lipinski definition) is 2. The average molecular weight is 223 g/mol. The summed E-state index contributed by atoms with van der Waals surface area (Å²) in [4.78, 5) is 4.00. The summed E-state index contributed by atoms with van der Waals surface area (Å²) in [6, 6.07) is 3.67. The highest BCUT2D eigenvalue weighted by atomic mass is 35.5. The van der Waals surface area contributed by atoms with Gasteiger partial charge < -0.3 is 9.13 Å². The summed E-state index contributed by atoms with van der Waals surface area (Å²) >= 11 is 5.69. The molecule has 0 atom stereocenters. The van der Waals surface area contributed by atoms with E-state index in [2.05, 4.69) is 4.98 Å². The Bertz CT molecular complexity index is 509. The topological polar surface area (TPSA) is 46.6 Å². The highest BCUT2D eigenvalue weighted by Gasteiger charge is 1.98. The number of halogens is 1. The minimum atomic E-state index is 0.463. The van der Waals surface area contributed by atoms with E-state index in [0.717, 1.165) is 5.56 Å². The molecule has 5 heteroatoms.